The fourth-order valence-electron chi connectivity index (χ4n) is 2.32. The average Bonchev–Trinajstić information content (AvgIpc) is 2.80. The molecule has 1 N–H and O–H groups in total. The second kappa shape index (κ2) is 6.39. The number of ether oxygens (including phenoxy) is 1. The van der Waals surface area contributed by atoms with Crippen LogP contribution in [0, 0.1) is 0 Å². The van der Waals surface area contributed by atoms with E-state index in [0.717, 1.165) is 0 Å². The first-order chi connectivity index (χ1) is 10.1. The van der Waals surface area contributed by atoms with Gasteiger partial charge in [-0.3, -0.25) is 19.7 Å². The fraction of sp³-hybridized carbons (Fsp3) is 0.400. The van der Waals surface area contributed by atoms with Crippen molar-refractivity contribution >= 4 is 17.7 Å². The molecule has 0 radical (unpaired) electrons. The number of carbonyl (C=O) groups is 3. The molecule has 1 aliphatic heterocycles. The van der Waals surface area contributed by atoms with Crippen LogP contribution in [0.25, 0.3) is 0 Å². The van der Waals surface area contributed by atoms with E-state index in [4.69, 9.17) is 4.74 Å². The van der Waals surface area contributed by atoms with Crippen molar-refractivity contribution in [2.24, 2.45) is 0 Å². The summed E-state index contributed by atoms with van der Waals surface area (Å²) in [6, 6.07) is 6.02. The third kappa shape index (κ3) is 3.21. The van der Waals surface area contributed by atoms with Crippen molar-refractivity contribution in [3.8, 4) is 5.75 Å². The van der Waals surface area contributed by atoms with Gasteiger partial charge >= 0.3 is 0 Å². The summed E-state index contributed by atoms with van der Waals surface area (Å²) in [5.41, 5.74) is 0.465. The molecular weight excluding hydrogens is 272 g/mol. The Labute approximate surface area is 123 Å². The Bertz CT molecular complexity index is 553. The summed E-state index contributed by atoms with van der Waals surface area (Å²) in [7, 11) is 0. The molecule has 1 atom stereocenters. The van der Waals surface area contributed by atoms with E-state index in [1.54, 1.807) is 31.2 Å². The lowest BCUT2D eigenvalue weighted by atomic mass is 10.1. The minimum Gasteiger partial charge on any atom is -0.494 e. The largest absolute Gasteiger partial charge is 0.494 e. The lowest BCUT2D eigenvalue weighted by Gasteiger charge is -2.25. The summed E-state index contributed by atoms with van der Waals surface area (Å²) >= 11 is 0. The van der Waals surface area contributed by atoms with E-state index >= 15 is 0 Å². The third-order valence-electron chi connectivity index (χ3n) is 3.33. The lowest BCUT2D eigenvalue weighted by molar-refractivity contribution is -0.126. The molecule has 3 amide bonds. The highest BCUT2D eigenvalue weighted by molar-refractivity contribution is 6.08. The predicted molar refractivity (Wildman–Crippen MR) is 75.9 cm³/mol. The van der Waals surface area contributed by atoms with Crippen LogP contribution in [-0.2, 0) is 9.59 Å². The zero-order valence-corrected chi connectivity index (χ0v) is 12.1. The smallest absolute Gasteiger partial charge is 0.254 e. The Kier molecular flexibility index (Phi) is 4.57. The second-order valence-electron chi connectivity index (χ2n) is 4.68. The molecule has 0 aliphatic carbocycles. The van der Waals surface area contributed by atoms with Crippen molar-refractivity contribution in [3.05, 3.63) is 29.8 Å². The molecule has 1 aliphatic rings. The number of imide groups is 1. The molecule has 0 saturated carbocycles. The van der Waals surface area contributed by atoms with Crippen LogP contribution in [0.4, 0.5) is 0 Å². The van der Waals surface area contributed by atoms with E-state index in [1.165, 1.54) is 4.90 Å². The zero-order chi connectivity index (χ0) is 15.4. The van der Waals surface area contributed by atoms with E-state index in [2.05, 4.69) is 5.32 Å². The van der Waals surface area contributed by atoms with E-state index in [-0.39, 0.29) is 18.2 Å². The summed E-state index contributed by atoms with van der Waals surface area (Å²) < 4.78 is 5.32. The van der Waals surface area contributed by atoms with Gasteiger partial charge in [0.1, 0.15) is 11.8 Å². The van der Waals surface area contributed by atoms with Crippen LogP contribution in [0.1, 0.15) is 30.6 Å². The number of amides is 3. The van der Waals surface area contributed by atoms with Gasteiger partial charge in [-0.15, -0.1) is 0 Å². The number of nitrogens with zero attached hydrogens (tertiary/aromatic N) is 1. The van der Waals surface area contributed by atoms with Crippen LogP contribution in [-0.4, -0.2) is 41.8 Å². The van der Waals surface area contributed by atoms with Crippen molar-refractivity contribution in [1.29, 1.82) is 0 Å². The normalized spacial score (nSPS) is 17.5. The highest BCUT2D eigenvalue weighted by atomic mass is 16.5. The molecular formula is C15H18N2O4. The van der Waals surface area contributed by atoms with Crippen molar-refractivity contribution in [1.82, 2.24) is 10.2 Å². The quantitative estimate of drug-likeness (QED) is 0.820. The molecule has 1 saturated heterocycles. The molecule has 1 fully saturated rings. The molecule has 2 rings (SSSR count). The van der Waals surface area contributed by atoms with E-state index < -0.39 is 11.9 Å². The topological polar surface area (TPSA) is 75.7 Å². The van der Waals surface area contributed by atoms with Crippen molar-refractivity contribution in [2.75, 3.05) is 13.2 Å². The van der Waals surface area contributed by atoms with Crippen molar-refractivity contribution in [3.63, 3.8) is 0 Å². The maximum atomic E-state index is 12.5. The van der Waals surface area contributed by atoms with Crippen LogP contribution in [0.5, 0.6) is 5.75 Å². The first kappa shape index (κ1) is 15.0. The van der Waals surface area contributed by atoms with Gasteiger partial charge in [0.2, 0.25) is 11.8 Å². The Balaban J connectivity index is 2.16. The Morgan fingerprint density at radius 1 is 1.29 bits per heavy atom. The van der Waals surface area contributed by atoms with Crippen molar-refractivity contribution < 1.29 is 19.1 Å². The monoisotopic (exact) mass is 290 g/mol. The van der Waals surface area contributed by atoms with Crippen LogP contribution < -0.4 is 10.1 Å². The summed E-state index contributed by atoms with van der Waals surface area (Å²) in [5.74, 6) is -0.342. The van der Waals surface area contributed by atoms with Crippen LogP contribution in [0.15, 0.2) is 24.3 Å². The first-order valence-corrected chi connectivity index (χ1v) is 6.94. The summed E-state index contributed by atoms with van der Waals surface area (Å²) in [5, 5.41) is 2.22. The average molecular weight is 290 g/mol. The van der Waals surface area contributed by atoms with E-state index in [9.17, 15) is 14.4 Å². The molecule has 112 valence electrons. The minimum absolute atomic E-state index is 0.0233. The highest BCUT2D eigenvalue weighted by Gasteiger charge is 2.37. The Morgan fingerprint density at radius 3 is 2.43 bits per heavy atom. The van der Waals surface area contributed by atoms with Gasteiger partial charge in [-0.2, -0.15) is 0 Å². The zero-order valence-electron chi connectivity index (χ0n) is 12.1. The van der Waals surface area contributed by atoms with E-state index in [1.807, 2.05) is 6.92 Å². The lowest BCUT2D eigenvalue weighted by Crippen LogP contribution is -2.44. The maximum Gasteiger partial charge on any atom is 0.254 e. The molecule has 0 spiro atoms. The van der Waals surface area contributed by atoms with Crippen LogP contribution >= 0.6 is 0 Å². The fourth-order valence-corrected chi connectivity index (χ4v) is 2.32. The van der Waals surface area contributed by atoms with Gasteiger partial charge in [0, 0.05) is 12.1 Å². The molecule has 1 heterocycles. The van der Waals surface area contributed by atoms with Gasteiger partial charge in [-0.1, -0.05) is 0 Å². The number of rotatable bonds is 5. The van der Waals surface area contributed by atoms with Gasteiger partial charge in [0.05, 0.1) is 13.0 Å². The van der Waals surface area contributed by atoms with Gasteiger partial charge < -0.3 is 9.64 Å². The highest BCUT2D eigenvalue weighted by Crippen LogP contribution is 2.17. The minimum atomic E-state index is -0.721. The molecule has 6 nitrogen and oxygen atoms in total. The molecule has 0 unspecified atom stereocenters. The molecule has 21 heavy (non-hydrogen) atoms. The number of hydrogen-bond donors (Lipinski definition) is 1. The number of likely N-dealkylation sites (N-methyl/N-ethyl adjacent to an activating group) is 1. The maximum absolute atomic E-state index is 12.5. The number of benzene rings is 1. The molecule has 6 heteroatoms. The number of nitrogens with one attached hydrogen (secondary N) is 1. The van der Waals surface area contributed by atoms with Crippen LogP contribution in [0.3, 0.4) is 0 Å². The second-order valence-corrected chi connectivity index (χ2v) is 4.68. The summed E-state index contributed by atoms with van der Waals surface area (Å²) in [6.07, 6.45) is 0.0233. The van der Waals surface area contributed by atoms with Gasteiger partial charge in [0.15, 0.2) is 0 Å². The molecule has 1 aromatic carbocycles. The summed E-state index contributed by atoms with van der Waals surface area (Å²) in [4.78, 5) is 36.9. The molecule has 0 aromatic heterocycles. The Morgan fingerprint density at radius 2 is 1.95 bits per heavy atom. The Hall–Kier alpha value is -2.37. The standard InChI is InChI=1S/C15H18N2O4/c1-3-17(12-9-13(18)16-14(12)19)15(20)10-5-7-11(8-6-10)21-4-2/h5-8,12H,3-4,9H2,1-2H3,(H,16,18,19)/t12-/m0/s1. The number of hydrogen-bond acceptors (Lipinski definition) is 4. The first-order valence-electron chi connectivity index (χ1n) is 6.94. The predicted octanol–water partition coefficient (Wildman–Crippen LogP) is 0.962. The third-order valence-corrected chi connectivity index (χ3v) is 3.33. The number of carbonyl (C=O) groups excluding carboxylic acids is 3. The van der Waals surface area contributed by atoms with Crippen LogP contribution in [0.2, 0.25) is 0 Å². The van der Waals surface area contributed by atoms with Gasteiger partial charge in [-0.05, 0) is 38.1 Å². The molecule has 1 aromatic rings. The summed E-state index contributed by atoms with van der Waals surface area (Å²) in [6.45, 7) is 4.58. The molecule has 0 bridgehead atoms. The van der Waals surface area contributed by atoms with Gasteiger partial charge in [0.25, 0.3) is 5.91 Å². The van der Waals surface area contributed by atoms with Gasteiger partial charge in [-0.25, -0.2) is 0 Å². The van der Waals surface area contributed by atoms with E-state index in [0.29, 0.717) is 24.5 Å². The van der Waals surface area contributed by atoms with Crippen molar-refractivity contribution in [2.45, 2.75) is 26.3 Å². The SMILES string of the molecule is CCOc1ccc(C(=O)N(CC)[C@H]2CC(=O)NC2=O)cc1.